The number of phenolic OH excluding ortho intramolecular Hbond substituents is 2. The van der Waals surface area contributed by atoms with Crippen LogP contribution in [-0.2, 0) is 14.2 Å². The molecule has 0 saturated heterocycles. The quantitative estimate of drug-likeness (QED) is 0.742. The van der Waals surface area contributed by atoms with Crippen LogP contribution >= 0.6 is 0 Å². The summed E-state index contributed by atoms with van der Waals surface area (Å²) in [6, 6.07) is 0.955. The van der Waals surface area contributed by atoms with E-state index in [1.165, 1.54) is 28.4 Å². The van der Waals surface area contributed by atoms with Gasteiger partial charge in [0.15, 0.2) is 34.7 Å². The van der Waals surface area contributed by atoms with Gasteiger partial charge < -0.3 is 38.7 Å². The molecule has 0 amide bonds. The van der Waals surface area contributed by atoms with Crippen molar-refractivity contribution < 1.29 is 38.7 Å². The second-order valence-corrected chi connectivity index (χ2v) is 5.55. The fourth-order valence-electron chi connectivity index (χ4n) is 3.16. The minimum Gasteiger partial charge on any atom is -0.507 e. The van der Waals surface area contributed by atoms with Gasteiger partial charge in [-0.2, -0.15) is 0 Å². The lowest BCUT2D eigenvalue weighted by Gasteiger charge is -2.31. The van der Waals surface area contributed by atoms with E-state index in [0.29, 0.717) is 0 Å². The number of methoxy groups -OCH3 is 4. The lowest BCUT2D eigenvalue weighted by atomic mass is 9.93. The van der Waals surface area contributed by atoms with Gasteiger partial charge in [0.1, 0.15) is 22.8 Å². The zero-order chi connectivity index (χ0) is 19.2. The summed E-state index contributed by atoms with van der Waals surface area (Å²) in [6.07, 6.45) is -1.80. The van der Waals surface area contributed by atoms with Gasteiger partial charge in [0.05, 0.1) is 14.2 Å². The van der Waals surface area contributed by atoms with Crippen LogP contribution < -0.4 is 10.2 Å². The maximum Gasteiger partial charge on any atom is 0.208 e. The van der Waals surface area contributed by atoms with Gasteiger partial charge in [-0.1, -0.05) is 0 Å². The smallest absolute Gasteiger partial charge is 0.208 e. The molecule has 0 bridgehead atoms. The zero-order valence-electron chi connectivity index (χ0n) is 14.5. The summed E-state index contributed by atoms with van der Waals surface area (Å²) < 4.78 is 26.7. The summed E-state index contributed by atoms with van der Waals surface area (Å²) in [6.45, 7) is 0. The molecule has 1 aliphatic carbocycles. The first-order valence-corrected chi connectivity index (χ1v) is 7.53. The van der Waals surface area contributed by atoms with Gasteiger partial charge in [-0.25, -0.2) is 0 Å². The zero-order valence-corrected chi connectivity index (χ0v) is 14.5. The highest BCUT2D eigenvalue weighted by Crippen LogP contribution is 2.44. The van der Waals surface area contributed by atoms with Crippen molar-refractivity contribution in [2.24, 2.45) is 0 Å². The fourth-order valence-corrected chi connectivity index (χ4v) is 3.16. The Morgan fingerprint density at radius 1 is 0.962 bits per heavy atom. The molecule has 2 unspecified atom stereocenters. The molecule has 9 nitrogen and oxygen atoms in total. The number of benzene rings is 1. The predicted octanol–water partition coefficient (Wildman–Crippen LogP) is 1.80. The molecule has 0 fully saturated rings. The minimum atomic E-state index is -0.924. The number of ether oxygens (including phenoxy) is 4. The lowest BCUT2D eigenvalue weighted by molar-refractivity contribution is -0.0541. The number of aliphatic hydroxyl groups is 1. The van der Waals surface area contributed by atoms with Crippen molar-refractivity contribution in [2.75, 3.05) is 28.4 Å². The Balaban J connectivity index is 2.51. The first-order valence-electron chi connectivity index (χ1n) is 7.53. The maximum absolute atomic E-state index is 13.0. The Morgan fingerprint density at radius 3 is 2.15 bits per heavy atom. The number of phenols is 2. The van der Waals surface area contributed by atoms with Crippen LogP contribution in [0.2, 0.25) is 0 Å². The van der Waals surface area contributed by atoms with Gasteiger partial charge in [-0.3, -0.25) is 4.79 Å². The van der Waals surface area contributed by atoms with Crippen LogP contribution in [0.25, 0.3) is 16.7 Å². The van der Waals surface area contributed by atoms with E-state index in [1.54, 1.807) is 0 Å². The number of rotatable bonds is 4. The van der Waals surface area contributed by atoms with Gasteiger partial charge >= 0.3 is 0 Å². The standard InChI is InChI=1S/C17H18O9/c1-22-12-7(19)5-6(18)8-10(20)9-11(21)15(23-2)17(25-4)16(24-3)14(9)26-13(8)12/h5,16-19,21H,1-4H3. The summed E-state index contributed by atoms with van der Waals surface area (Å²) >= 11 is 0. The van der Waals surface area contributed by atoms with Crippen LogP contribution in [0.4, 0.5) is 0 Å². The molecule has 26 heavy (non-hydrogen) atoms. The van der Waals surface area contributed by atoms with E-state index in [-0.39, 0.29) is 33.8 Å². The van der Waals surface area contributed by atoms with Crippen molar-refractivity contribution in [2.45, 2.75) is 12.2 Å². The van der Waals surface area contributed by atoms with Crippen molar-refractivity contribution in [1.29, 1.82) is 0 Å². The topological polar surface area (TPSA) is 128 Å². The Labute approximate surface area is 147 Å². The molecule has 0 spiro atoms. The summed E-state index contributed by atoms with van der Waals surface area (Å²) in [5, 5.41) is 30.4. The Morgan fingerprint density at radius 2 is 1.62 bits per heavy atom. The molecule has 1 heterocycles. The van der Waals surface area contributed by atoms with E-state index in [2.05, 4.69) is 0 Å². The SMILES string of the molecule is COC1=C(O)c2c(oc3c(OC)c(O)cc(O)c3c2=O)C(OC)C1OC. The predicted molar refractivity (Wildman–Crippen MR) is 89.5 cm³/mol. The summed E-state index contributed by atoms with van der Waals surface area (Å²) in [5.41, 5.74) is -1.14. The third-order valence-electron chi connectivity index (χ3n) is 4.30. The van der Waals surface area contributed by atoms with Gasteiger partial charge in [-0.15, -0.1) is 0 Å². The Bertz CT molecular complexity index is 957. The molecule has 1 aromatic carbocycles. The molecule has 3 N–H and O–H groups in total. The molecule has 9 heteroatoms. The van der Waals surface area contributed by atoms with Crippen molar-refractivity contribution in [1.82, 2.24) is 0 Å². The lowest BCUT2D eigenvalue weighted by Crippen LogP contribution is -2.33. The van der Waals surface area contributed by atoms with Crippen LogP contribution in [0, 0.1) is 0 Å². The molecule has 1 aliphatic rings. The van der Waals surface area contributed by atoms with Crippen LogP contribution in [0.5, 0.6) is 17.2 Å². The van der Waals surface area contributed by atoms with Crippen LogP contribution in [-0.4, -0.2) is 49.9 Å². The van der Waals surface area contributed by atoms with E-state index in [1.807, 2.05) is 0 Å². The number of hydrogen-bond donors (Lipinski definition) is 3. The van der Waals surface area contributed by atoms with Crippen LogP contribution in [0.15, 0.2) is 21.0 Å². The summed E-state index contributed by atoms with van der Waals surface area (Å²) in [5.74, 6) is -1.61. The van der Waals surface area contributed by atoms with E-state index >= 15 is 0 Å². The highest BCUT2D eigenvalue weighted by molar-refractivity contribution is 5.92. The van der Waals surface area contributed by atoms with Crippen molar-refractivity contribution >= 4 is 16.7 Å². The number of aromatic hydroxyl groups is 2. The Hall–Kier alpha value is -2.91. The molecular weight excluding hydrogens is 348 g/mol. The number of fused-ring (bicyclic) bond motifs is 2. The third kappa shape index (κ3) is 2.28. The largest absolute Gasteiger partial charge is 0.507 e. The second-order valence-electron chi connectivity index (χ2n) is 5.55. The molecule has 3 rings (SSSR count). The van der Waals surface area contributed by atoms with Crippen molar-refractivity contribution in [3.8, 4) is 17.2 Å². The van der Waals surface area contributed by atoms with E-state index in [0.717, 1.165) is 6.07 Å². The third-order valence-corrected chi connectivity index (χ3v) is 4.30. The molecule has 2 aromatic rings. The normalized spacial score (nSPS) is 19.5. The summed E-state index contributed by atoms with van der Waals surface area (Å²) in [7, 11) is 5.34. The Kier molecular flexibility index (Phi) is 4.43. The van der Waals surface area contributed by atoms with Crippen LogP contribution in [0.1, 0.15) is 17.4 Å². The van der Waals surface area contributed by atoms with Gasteiger partial charge in [0, 0.05) is 20.3 Å². The van der Waals surface area contributed by atoms with Gasteiger partial charge in [0.2, 0.25) is 11.2 Å². The molecule has 0 radical (unpaired) electrons. The van der Waals surface area contributed by atoms with E-state index < -0.39 is 34.9 Å². The van der Waals surface area contributed by atoms with Crippen LogP contribution in [0.3, 0.4) is 0 Å². The molecule has 0 aliphatic heterocycles. The number of hydrogen-bond acceptors (Lipinski definition) is 9. The van der Waals surface area contributed by atoms with E-state index in [9.17, 15) is 20.1 Å². The van der Waals surface area contributed by atoms with E-state index in [4.69, 9.17) is 23.4 Å². The molecular formula is C17H18O9. The molecule has 0 saturated carbocycles. The maximum atomic E-state index is 13.0. The average Bonchev–Trinajstić information content (AvgIpc) is 2.60. The number of aliphatic hydroxyl groups excluding tert-OH is 1. The molecule has 2 atom stereocenters. The fraction of sp³-hybridized carbons (Fsp3) is 0.353. The average molecular weight is 366 g/mol. The molecule has 1 aromatic heterocycles. The second kappa shape index (κ2) is 6.43. The van der Waals surface area contributed by atoms with Crippen molar-refractivity contribution in [3.05, 3.63) is 33.4 Å². The van der Waals surface area contributed by atoms with Gasteiger partial charge in [0.25, 0.3) is 0 Å². The van der Waals surface area contributed by atoms with Crippen molar-refractivity contribution in [3.63, 3.8) is 0 Å². The first-order chi connectivity index (χ1) is 12.4. The first kappa shape index (κ1) is 17.9. The highest BCUT2D eigenvalue weighted by Gasteiger charge is 2.42. The summed E-state index contributed by atoms with van der Waals surface area (Å²) in [4.78, 5) is 13.0. The highest BCUT2D eigenvalue weighted by atomic mass is 16.6. The monoisotopic (exact) mass is 366 g/mol. The molecule has 140 valence electrons. The van der Waals surface area contributed by atoms with Gasteiger partial charge in [-0.05, 0) is 0 Å². The minimum absolute atomic E-state index is 0.0104.